The molecule has 424 valence electrons. The monoisotopic (exact) mass is 1040 g/mol. The number of carbonyl (C=O) groups is 7. The summed E-state index contributed by atoms with van der Waals surface area (Å²) in [5, 5.41) is 16.0. The second-order valence-electron chi connectivity index (χ2n) is 20.4. The quantitative estimate of drug-likeness (QED) is 0.205. The number of ketones is 3. The SMILES string of the molecule is C.C.C.C.C.C.CC(C)(C)OC(=O)N1C2CCC1CC(=O)C2.CC(C)(C)OC(=O)N1C2CCC1CC(N)C2.COC1CCC(OC)O1.O=C(O)CC(=O)CC(=O)O.O=C1CC2CCC(C1)N2Cc1ccccc1. The van der Waals surface area contributed by atoms with Gasteiger partial charge in [0, 0.05) is 102 Å². The molecule has 0 aromatic heterocycles. The van der Waals surface area contributed by atoms with E-state index >= 15 is 0 Å². The molecule has 8 unspecified atom stereocenters. The van der Waals surface area contributed by atoms with Crippen LogP contribution in [-0.2, 0) is 54.2 Å². The lowest BCUT2D eigenvalue weighted by molar-refractivity contribution is -0.185. The van der Waals surface area contributed by atoms with Crippen molar-refractivity contribution in [3.05, 3.63) is 35.9 Å². The highest BCUT2D eigenvalue weighted by Crippen LogP contribution is 2.38. The first kappa shape index (κ1) is 72.8. The topological polar surface area (TPSA) is 242 Å². The third-order valence-electron chi connectivity index (χ3n) is 12.6. The Bertz CT molecular complexity index is 1760. The molecule has 0 aliphatic carbocycles. The Morgan fingerprint density at radius 1 is 0.575 bits per heavy atom. The van der Waals surface area contributed by atoms with Gasteiger partial charge in [0.1, 0.15) is 35.6 Å². The lowest BCUT2D eigenvalue weighted by Gasteiger charge is -2.38. The summed E-state index contributed by atoms with van der Waals surface area (Å²) >= 11 is 0. The normalized spacial score (nSPS) is 26.0. The fraction of sp³-hybridized carbons (Fsp3) is 0.764. The van der Waals surface area contributed by atoms with Crippen molar-refractivity contribution in [1.29, 1.82) is 0 Å². The van der Waals surface area contributed by atoms with Crippen molar-refractivity contribution in [2.75, 3.05) is 14.2 Å². The molecule has 7 aliphatic rings. The third kappa shape index (κ3) is 24.2. The zero-order valence-electron chi connectivity index (χ0n) is 40.8. The first-order valence-electron chi connectivity index (χ1n) is 23.7. The van der Waals surface area contributed by atoms with E-state index in [9.17, 15) is 33.6 Å². The highest BCUT2D eigenvalue weighted by Gasteiger charge is 2.45. The number of amides is 2. The molecule has 4 N–H and O–H groups in total. The second kappa shape index (κ2) is 33.4. The standard InChI is InChI=1S/C14H17NO.C12H22N2O2.C12H19NO3.C6H12O3.C5H6O5.6CH4/c16-14-8-12-6-7-13(9-14)15(12)10-11-4-2-1-3-5-11;1-12(2,3)16-11(15)14-9-4-5-10(14)7-8(13)6-9;1-12(2,3)16-11(15)13-8-4-5-9(13)7-10(14)6-8;1-7-5-3-4-6(8-2)9-5;6-3(1-4(7)8)2-5(9)10;;;;;;/h1-5,12-13H,6-10H2;8-10H,4-7,13H2,1-3H3;8-9H,4-7H2,1-3H3;5-6H,3-4H2,1-2H3;1-2H2,(H,7,8)(H,9,10);6*1H4. The average Bonchev–Trinajstić information content (AvgIpc) is 3.94. The first-order chi connectivity index (χ1) is 31.4. The van der Waals surface area contributed by atoms with Gasteiger partial charge in [0.05, 0.1) is 0 Å². The van der Waals surface area contributed by atoms with Gasteiger partial charge in [-0.15, -0.1) is 0 Å². The van der Waals surface area contributed by atoms with E-state index in [1.807, 2.05) is 46.4 Å². The zero-order chi connectivity index (χ0) is 49.6. The van der Waals surface area contributed by atoms with E-state index in [0.29, 0.717) is 42.8 Å². The van der Waals surface area contributed by atoms with Crippen molar-refractivity contribution < 1.29 is 67.5 Å². The summed E-state index contributed by atoms with van der Waals surface area (Å²) in [7, 11) is 3.28. The number of carbonyl (C=O) groups excluding carboxylic acids is 5. The summed E-state index contributed by atoms with van der Waals surface area (Å²) in [5.41, 5.74) is 6.47. The van der Waals surface area contributed by atoms with Gasteiger partial charge in [-0.25, -0.2) is 9.59 Å². The highest BCUT2D eigenvalue weighted by molar-refractivity contribution is 6.02. The van der Waals surface area contributed by atoms with Crippen molar-refractivity contribution in [1.82, 2.24) is 14.7 Å². The number of carboxylic acids is 2. The minimum absolute atomic E-state index is 0. The van der Waals surface area contributed by atoms with E-state index in [2.05, 4.69) is 35.2 Å². The van der Waals surface area contributed by atoms with Crippen molar-refractivity contribution in [3.63, 3.8) is 0 Å². The van der Waals surface area contributed by atoms with Gasteiger partial charge in [-0.3, -0.25) is 28.9 Å². The predicted octanol–water partition coefficient (Wildman–Crippen LogP) is 10.4. The number of hydrogen-bond acceptors (Lipinski definition) is 14. The lowest BCUT2D eigenvalue weighted by Crippen LogP contribution is -2.51. The average molecular weight is 1040 g/mol. The molecule has 8 rings (SSSR count). The zero-order valence-corrected chi connectivity index (χ0v) is 40.8. The number of Topliss-reactive ketones (excluding diaryl/α,β-unsaturated/α-hetero) is 3. The molecule has 7 saturated heterocycles. The maximum Gasteiger partial charge on any atom is 0.410 e. The molecule has 0 saturated carbocycles. The summed E-state index contributed by atoms with van der Waals surface area (Å²) in [5.74, 6) is -2.64. The molecule has 73 heavy (non-hydrogen) atoms. The molecule has 18 nitrogen and oxygen atoms in total. The Morgan fingerprint density at radius 2 is 0.918 bits per heavy atom. The molecule has 2 amide bonds. The molecule has 18 heteroatoms. The molecule has 6 bridgehead atoms. The van der Waals surface area contributed by atoms with Gasteiger partial charge in [-0.1, -0.05) is 74.9 Å². The van der Waals surface area contributed by atoms with Gasteiger partial charge in [0.25, 0.3) is 0 Å². The number of rotatable bonds is 8. The van der Waals surface area contributed by atoms with Crippen LogP contribution in [-0.4, -0.2) is 147 Å². The van der Waals surface area contributed by atoms with Crippen LogP contribution in [0.25, 0.3) is 0 Å². The lowest BCUT2D eigenvalue weighted by atomic mass is 9.99. The van der Waals surface area contributed by atoms with E-state index in [4.69, 9.17) is 39.6 Å². The molecule has 8 atom stereocenters. The number of hydrogen-bond donors (Lipinski definition) is 3. The fourth-order valence-electron chi connectivity index (χ4n) is 9.85. The minimum Gasteiger partial charge on any atom is -0.481 e. The van der Waals surface area contributed by atoms with Gasteiger partial charge in [0.15, 0.2) is 18.4 Å². The van der Waals surface area contributed by atoms with Crippen molar-refractivity contribution >= 4 is 41.5 Å². The maximum atomic E-state index is 12.0. The molecule has 7 fully saturated rings. The summed E-state index contributed by atoms with van der Waals surface area (Å²) < 4.78 is 25.9. The fourth-order valence-corrected chi connectivity index (χ4v) is 9.85. The number of nitrogens with two attached hydrogens (primary N) is 1. The largest absolute Gasteiger partial charge is 0.481 e. The van der Waals surface area contributed by atoms with Crippen LogP contribution in [0, 0.1) is 0 Å². The maximum absolute atomic E-state index is 12.0. The van der Waals surface area contributed by atoms with E-state index in [1.165, 1.54) is 18.4 Å². The Labute approximate surface area is 439 Å². The Hall–Kier alpha value is -4.49. The molecular formula is C55H100N4O14. The number of benzene rings is 1. The van der Waals surface area contributed by atoms with Crippen molar-refractivity contribution in [3.8, 4) is 0 Å². The van der Waals surface area contributed by atoms with E-state index in [1.54, 1.807) is 19.1 Å². The van der Waals surface area contributed by atoms with Gasteiger partial charge in [-0.2, -0.15) is 0 Å². The van der Waals surface area contributed by atoms with Crippen LogP contribution >= 0.6 is 0 Å². The first-order valence-corrected chi connectivity index (χ1v) is 23.7. The molecule has 7 aliphatic heterocycles. The van der Waals surface area contributed by atoms with Crippen molar-refractivity contribution in [2.24, 2.45) is 5.73 Å². The van der Waals surface area contributed by atoms with Gasteiger partial charge in [0.2, 0.25) is 0 Å². The highest BCUT2D eigenvalue weighted by atomic mass is 16.8. The molecular weight excluding hydrogens is 941 g/mol. The third-order valence-corrected chi connectivity index (χ3v) is 12.6. The predicted molar refractivity (Wildman–Crippen MR) is 286 cm³/mol. The van der Waals surface area contributed by atoms with Gasteiger partial charge in [-0.05, 0) is 98.5 Å². The van der Waals surface area contributed by atoms with Crippen LogP contribution in [0.2, 0.25) is 0 Å². The van der Waals surface area contributed by atoms with E-state index in [-0.39, 0.29) is 93.2 Å². The molecule has 1 aromatic rings. The Balaban J connectivity index is -0.000000837. The molecule has 0 radical (unpaired) electrons. The van der Waals surface area contributed by atoms with E-state index < -0.39 is 41.8 Å². The molecule has 0 spiro atoms. The van der Waals surface area contributed by atoms with E-state index in [0.717, 1.165) is 70.8 Å². The summed E-state index contributed by atoms with van der Waals surface area (Å²) in [6, 6.07) is 12.7. The molecule has 1 aromatic carbocycles. The van der Waals surface area contributed by atoms with Crippen LogP contribution < -0.4 is 5.73 Å². The van der Waals surface area contributed by atoms with Crippen LogP contribution in [0.3, 0.4) is 0 Å². The minimum atomic E-state index is -1.30. The Kier molecular flexibility index (Phi) is 33.3. The number of methoxy groups -OCH3 is 2. The number of piperidine rings is 3. The van der Waals surface area contributed by atoms with Crippen LogP contribution in [0.1, 0.15) is 194 Å². The van der Waals surface area contributed by atoms with Gasteiger partial charge < -0.3 is 49.4 Å². The number of aliphatic carboxylic acids is 2. The van der Waals surface area contributed by atoms with Crippen LogP contribution in [0.4, 0.5) is 9.59 Å². The van der Waals surface area contributed by atoms with Gasteiger partial charge >= 0.3 is 24.1 Å². The number of carboxylic acid groups (broad SMARTS) is 2. The van der Waals surface area contributed by atoms with Crippen LogP contribution in [0.5, 0.6) is 0 Å². The molecule has 7 heterocycles. The summed E-state index contributed by atoms with van der Waals surface area (Å²) in [6.07, 6.45) is 10.8. The number of nitrogens with zero attached hydrogens (tertiary/aromatic N) is 3. The smallest absolute Gasteiger partial charge is 0.410 e. The second-order valence-corrected chi connectivity index (χ2v) is 20.4. The Morgan fingerprint density at radius 3 is 1.26 bits per heavy atom. The van der Waals surface area contributed by atoms with Crippen LogP contribution in [0.15, 0.2) is 30.3 Å². The number of fused-ring (bicyclic) bond motifs is 6. The summed E-state index contributed by atoms with van der Waals surface area (Å²) in [6.45, 7) is 12.3. The van der Waals surface area contributed by atoms with Crippen molar-refractivity contribution in [2.45, 2.75) is 261 Å². The summed E-state index contributed by atoms with van der Waals surface area (Å²) in [4.78, 5) is 83.0. The number of ether oxygens (including phenoxy) is 5.